The number of ether oxygens (including phenoxy) is 4. The topological polar surface area (TPSA) is 107 Å². The summed E-state index contributed by atoms with van der Waals surface area (Å²) < 4.78 is 22.0. The Bertz CT molecular complexity index is 1110. The Labute approximate surface area is 216 Å². The molecule has 8 heteroatoms. The Hall–Kier alpha value is -3.88. The van der Waals surface area contributed by atoms with Crippen LogP contribution in [0.4, 0.5) is 9.59 Å². The molecule has 4 rings (SSSR count). The Morgan fingerprint density at radius 1 is 0.784 bits per heavy atom. The lowest BCUT2D eigenvalue weighted by Gasteiger charge is -2.27. The number of aliphatic hydroxyl groups is 1. The molecule has 0 bridgehead atoms. The van der Waals surface area contributed by atoms with E-state index in [-0.39, 0.29) is 38.4 Å². The summed E-state index contributed by atoms with van der Waals surface area (Å²) in [7, 11) is 0. The largest absolute Gasteiger partial charge is 0.508 e. The fourth-order valence-electron chi connectivity index (χ4n) is 4.00. The summed E-state index contributed by atoms with van der Waals surface area (Å²) in [6, 6.07) is 27.6. The summed E-state index contributed by atoms with van der Waals surface area (Å²) in [5.41, 5.74) is 2.62. The van der Waals surface area contributed by atoms with Gasteiger partial charge >= 0.3 is 12.2 Å². The highest BCUT2D eigenvalue weighted by molar-refractivity contribution is 5.68. The van der Waals surface area contributed by atoms with Gasteiger partial charge in [0.05, 0.1) is 18.8 Å². The van der Waals surface area contributed by atoms with E-state index in [4.69, 9.17) is 18.9 Å². The third-order valence-electron chi connectivity index (χ3n) is 6.04. The van der Waals surface area contributed by atoms with Gasteiger partial charge in [0.2, 0.25) is 0 Å². The minimum atomic E-state index is -0.854. The first-order chi connectivity index (χ1) is 18.1. The first-order valence-corrected chi connectivity index (χ1v) is 12.3. The van der Waals surface area contributed by atoms with E-state index in [1.165, 1.54) is 0 Å². The van der Waals surface area contributed by atoms with Gasteiger partial charge in [-0.05, 0) is 23.1 Å². The van der Waals surface area contributed by atoms with Crippen LogP contribution in [-0.2, 0) is 38.6 Å². The zero-order valence-electron chi connectivity index (χ0n) is 20.4. The number of benzene rings is 3. The fourth-order valence-corrected chi connectivity index (χ4v) is 4.00. The summed E-state index contributed by atoms with van der Waals surface area (Å²) >= 11 is 0. The second-order valence-corrected chi connectivity index (χ2v) is 8.81. The number of carbonyl (C=O) groups excluding carboxylic acids is 2. The molecule has 0 radical (unpaired) electrons. The zero-order valence-corrected chi connectivity index (χ0v) is 20.4. The van der Waals surface area contributed by atoms with E-state index in [2.05, 4.69) is 5.32 Å². The predicted molar refractivity (Wildman–Crippen MR) is 136 cm³/mol. The highest BCUT2D eigenvalue weighted by Crippen LogP contribution is 2.29. The number of carbonyl (C=O) groups is 2. The average molecular weight is 506 g/mol. The number of hydrogen-bond acceptors (Lipinski definition) is 7. The van der Waals surface area contributed by atoms with Crippen LogP contribution in [0.1, 0.15) is 23.1 Å². The van der Waals surface area contributed by atoms with Gasteiger partial charge in [-0.1, -0.05) is 91.0 Å². The Kier molecular flexibility index (Phi) is 9.51. The van der Waals surface area contributed by atoms with Crippen LogP contribution in [0.25, 0.3) is 0 Å². The highest BCUT2D eigenvalue weighted by atomic mass is 16.7. The van der Waals surface area contributed by atoms with Crippen molar-refractivity contribution in [3.63, 3.8) is 0 Å². The van der Waals surface area contributed by atoms with E-state index in [0.717, 1.165) is 16.7 Å². The maximum absolute atomic E-state index is 12.8. The summed E-state index contributed by atoms with van der Waals surface area (Å²) in [5, 5.41) is 12.3. The van der Waals surface area contributed by atoms with Crippen LogP contribution in [0.2, 0.25) is 0 Å². The van der Waals surface area contributed by atoms with Crippen molar-refractivity contribution in [2.75, 3.05) is 6.61 Å². The molecular weight excluding hydrogens is 474 g/mol. The van der Waals surface area contributed by atoms with E-state index in [9.17, 15) is 14.7 Å². The number of epoxide rings is 1. The number of rotatable bonds is 12. The third kappa shape index (κ3) is 8.63. The molecule has 8 nitrogen and oxygen atoms in total. The molecule has 0 aliphatic carbocycles. The van der Waals surface area contributed by atoms with Crippen LogP contribution < -0.4 is 5.32 Å². The van der Waals surface area contributed by atoms with Crippen LogP contribution >= 0.6 is 0 Å². The molecule has 1 amide bonds. The lowest BCUT2D eigenvalue weighted by molar-refractivity contribution is 0.000103. The molecule has 1 fully saturated rings. The minimum Gasteiger partial charge on any atom is -0.445 e. The molecule has 1 saturated heterocycles. The van der Waals surface area contributed by atoms with Crippen molar-refractivity contribution in [1.82, 2.24) is 5.32 Å². The first kappa shape index (κ1) is 26.2. The summed E-state index contributed by atoms with van der Waals surface area (Å²) in [6.07, 6.45) is -2.23. The minimum absolute atomic E-state index is 0.0570. The van der Waals surface area contributed by atoms with E-state index in [0.29, 0.717) is 6.42 Å². The van der Waals surface area contributed by atoms with Crippen LogP contribution in [0, 0.1) is 0 Å². The first-order valence-electron chi connectivity index (χ1n) is 12.3. The highest BCUT2D eigenvalue weighted by Gasteiger charge is 2.43. The van der Waals surface area contributed by atoms with Crippen LogP contribution in [-0.4, -0.2) is 48.3 Å². The second-order valence-electron chi connectivity index (χ2n) is 8.81. The summed E-state index contributed by atoms with van der Waals surface area (Å²) in [5.74, 6) is 0. The molecule has 2 N–H and O–H groups in total. The normalized spacial score (nSPS) is 17.8. The summed E-state index contributed by atoms with van der Waals surface area (Å²) in [4.78, 5) is 25.4. The number of nitrogens with one attached hydrogen (secondary N) is 1. The van der Waals surface area contributed by atoms with Gasteiger partial charge in [-0.25, -0.2) is 9.59 Å². The SMILES string of the molecule is O=C(N[C@@H](Cc1ccccc1)[C@H](C[C@H]1O[C@@H]1CO)OC(=O)OCc1ccccc1)OCc1ccccc1. The van der Waals surface area contributed by atoms with E-state index in [1.807, 2.05) is 91.0 Å². The molecule has 3 aromatic rings. The smallest absolute Gasteiger partial charge is 0.445 e. The van der Waals surface area contributed by atoms with Gasteiger partial charge in [-0.2, -0.15) is 0 Å². The third-order valence-corrected chi connectivity index (χ3v) is 6.04. The number of aliphatic hydroxyl groups excluding tert-OH is 1. The molecule has 3 aromatic carbocycles. The fraction of sp³-hybridized carbons (Fsp3) is 0.310. The van der Waals surface area contributed by atoms with Gasteiger partial charge in [0.15, 0.2) is 0 Å². The molecule has 1 aliphatic rings. The van der Waals surface area contributed by atoms with Crippen LogP contribution in [0.15, 0.2) is 91.0 Å². The lowest BCUT2D eigenvalue weighted by Crippen LogP contribution is -2.47. The molecular formula is C29H31NO7. The molecule has 1 heterocycles. The van der Waals surface area contributed by atoms with Crippen molar-refractivity contribution in [3.8, 4) is 0 Å². The molecule has 0 spiro atoms. The molecule has 1 aliphatic heterocycles. The Morgan fingerprint density at radius 3 is 1.86 bits per heavy atom. The van der Waals surface area contributed by atoms with Crippen molar-refractivity contribution >= 4 is 12.2 Å². The number of alkyl carbamates (subject to hydrolysis) is 1. The van der Waals surface area contributed by atoms with E-state index in [1.54, 1.807) is 0 Å². The van der Waals surface area contributed by atoms with Gasteiger partial charge in [-0.3, -0.25) is 0 Å². The van der Waals surface area contributed by atoms with Gasteiger partial charge in [-0.15, -0.1) is 0 Å². The molecule has 0 saturated carbocycles. The van der Waals surface area contributed by atoms with E-state index < -0.39 is 24.4 Å². The number of amides is 1. The Balaban J connectivity index is 1.45. The van der Waals surface area contributed by atoms with Crippen molar-refractivity contribution < 1.29 is 33.6 Å². The van der Waals surface area contributed by atoms with Gasteiger partial charge in [0, 0.05) is 6.42 Å². The van der Waals surface area contributed by atoms with Gasteiger partial charge in [0.25, 0.3) is 0 Å². The van der Waals surface area contributed by atoms with Crippen LogP contribution in [0.5, 0.6) is 0 Å². The quantitative estimate of drug-likeness (QED) is 0.278. The molecule has 4 atom stereocenters. The zero-order chi connectivity index (χ0) is 25.9. The maximum Gasteiger partial charge on any atom is 0.508 e. The molecule has 37 heavy (non-hydrogen) atoms. The molecule has 194 valence electrons. The van der Waals surface area contributed by atoms with Crippen molar-refractivity contribution in [3.05, 3.63) is 108 Å². The lowest BCUT2D eigenvalue weighted by atomic mass is 9.97. The predicted octanol–water partition coefficient (Wildman–Crippen LogP) is 4.40. The number of hydrogen-bond donors (Lipinski definition) is 2. The van der Waals surface area contributed by atoms with Crippen LogP contribution in [0.3, 0.4) is 0 Å². The second kappa shape index (κ2) is 13.4. The average Bonchev–Trinajstić information content (AvgIpc) is 3.70. The Morgan fingerprint density at radius 2 is 1.32 bits per heavy atom. The van der Waals surface area contributed by atoms with Crippen molar-refractivity contribution in [2.45, 2.75) is 50.4 Å². The molecule has 0 unspecified atom stereocenters. The monoisotopic (exact) mass is 505 g/mol. The van der Waals surface area contributed by atoms with Gasteiger partial charge < -0.3 is 29.4 Å². The maximum atomic E-state index is 12.8. The van der Waals surface area contributed by atoms with Gasteiger partial charge in [0.1, 0.15) is 25.4 Å². The summed E-state index contributed by atoms with van der Waals surface area (Å²) in [6.45, 7) is 0.0287. The standard InChI is InChI=1S/C29H31NO7/c31-18-27-26(36-27)17-25(37-29(33)35-20-23-14-8-3-9-15-23)24(16-21-10-4-1-5-11-21)30-28(32)34-19-22-12-6-2-7-13-22/h1-15,24-27,31H,16-20H2,(H,30,32)/t24-,25-,26+,27+/m0/s1. The van der Waals surface area contributed by atoms with E-state index >= 15 is 0 Å². The molecule has 0 aromatic heterocycles. The van der Waals surface area contributed by atoms with Crippen molar-refractivity contribution in [2.24, 2.45) is 0 Å². The van der Waals surface area contributed by atoms with Crippen molar-refractivity contribution in [1.29, 1.82) is 0 Å².